The van der Waals surface area contributed by atoms with Crippen molar-refractivity contribution in [2.45, 2.75) is 44.2 Å². The number of ether oxygens (including phenoxy) is 2. The summed E-state index contributed by atoms with van der Waals surface area (Å²) in [6.45, 7) is 7.52. The maximum atomic E-state index is 12.5. The molecule has 1 aliphatic heterocycles. The molecular formula is C33H39N7O5S2. The number of aromatic nitrogens is 4. The molecule has 14 heteroatoms. The summed E-state index contributed by atoms with van der Waals surface area (Å²) in [5, 5.41) is 36.4. The minimum atomic E-state index is -1.04. The normalized spacial score (nSPS) is 14.7. The number of anilines is 2. The van der Waals surface area contributed by atoms with Crippen LogP contribution in [-0.4, -0.2) is 88.0 Å². The van der Waals surface area contributed by atoms with Crippen LogP contribution in [-0.2, 0) is 31.9 Å². The first-order valence-corrected chi connectivity index (χ1v) is 17.2. The highest BCUT2D eigenvalue weighted by Crippen LogP contribution is 2.25. The number of rotatable bonds is 17. The van der Waals surface area contributed by atoms with Gasteiger partial charge in [-0.25, -0.2) is 0 Å². The van der Waals surface area contributed by atoms with Crippen molar-refractivity contribution in [3.63, 3.8) is 0 Å². The zero-order valence-corrected chi connectivity index (χ0v) is 27.7. The molecule has 2 aromatic carbocycles. The first-order valence-electron chi connectivity index (χ1n) is 15.6. The van der Waals surface area contributed by atoms with Crippen molar-refractivity contribution in [3.8, 4) is 0 Å². The molecule has 0 bridgehead atoms. The van der Waals surface area contributed by atoms with Gasteiger partial charge in [0.15, 0.2) is 0 Å². The first-order chi connectivity index (χ1) is 22.9. The van der Waals surface area contributed by atoms with Gasteiger partial charge in [-0.05, 0) is 24.0 Å². The van der Waals surface area contributed by atoms with Crippen molar-refractivity contribution in [1.82, 2.24) is 25.3 Å². The number of esters is 1. The van der Waals surface area contributed by atoms with Gasteiger partial charge in [0.05, 0.1) is 25.6 Å². The quantitative estimate of drug-likeness (QED) is 0.0632. The summed E-state index contributed by atoms with van der Waals surface area (Å²) in [6.07, 6.45) is 2.40. The number of hydrogen-bond donors (Lipinski definition) is 3. The van der Waals surface area contributed by atoms with Crippen molar-refractivity contribution >= 4 is 50.4 Å². The van der Waals surface area contributed by atoms with Crippen molar-refractivity contribution in [3.05, 3.63) is 88.4 Å². The number of nitrogens with zero attached hydrogens (tertiary/aromatic N) is 5. The molecule has 47 heavy (non-hydrogen) atoms. The van der Waals surface area contributed by atoms with Crippen LogP contribution in [0.25, 0.3) is 5.57 Å². The zero-order chi connectivity index (χ0) is 32.8. The molecule has 2 atom stereocenters. The van der Waals surface area contributed by atoms with Crippen molar-refractivity contribution in [1.29, 1.82) is 0 Å². The third kappa shape index (κ3) is 10.7. The lowest BCUT2D eigenvalue weighted by Gasteiger charge is -2.26. The highest BCUT2D eigenvalue weighted by molar-refractivity contribution is 7.15. The van der Waals surface area contributed by atoms with Gasteiger partial charge in [-0.3, -0.25) is 19.8 Å². The molecule has 5 rings (SSSR count). The number of aliphatic hydroxyl groups excluding tert-OH is 1. The Hall–Kier alpha value is -4.08. The minimum Gasteiger partial charge on any atom is -0.465 e. The van der Waals surface area contributed by atoms with E-state index in [9.17, 15) is 14.7 Å². The Morgan fingerprint density at radius 1 is 0.915 bits per heavy atom. The van der Waals surface area contributed by atoms with E-state index < -0.39 is 12.1 Å². The van der Waals surface area contributed by atoms with Gasteiger partial charge in [0.2, 0.25) is 10.3 Å². The van der Waals surface area contributed by atoms with Gasteiger partial charge in [0.1, 0.15) is 22.9 Å². The second-order valence-corrected chi connectivity index (χ2v) is 13.1. The Morgan fingerprint density at radius 3 is 2.21 bits per heavy atom. The van der Waals surface area contributed by atoms with Crippen LogP contribution in [0.3, 0.4) is 0 Å². The Bertz CT molecular complexity index is 1580. The number of nitrogens with one attached hydrogen (secondary N) is 2. The molecule has 0 aliphatic carbocycles. The zero-order valence-electron chi connectivity index (χ0n) is 26.0. The SMILES string of the molecule is C=C(C(=O)Nc1nnc(CCCCc2nnc(NC(O)C(COC(=O)CCN3CCOCC3)c3ccccc3)s2)s1)c1ccccc1. The number of benzene rings is 2. The highest BCUT2D eigenvalue weighted by atomic mass is 32.1. The first kappa shape index (κ1) is 34.3. The number of aryl methyl sites for hydroxylation is 2. The second-order valence-electron chi connectivity index (χ2n) is 11.0. The molecule has 3 N–H and O–H groups in total. The number of carbonyl (C=O) groups excluding carboxylic acids is 2. The third-order valence-corrected chi connectivity index (χ3v) is 9.43. The molecule has 248 valence electrons. The molecule has 1 fully saturated rings. The molecular weight excluding hydrogens is 639 g/mol. The summed E-state index contributed by atoms with van der Waals surface area (Å²) in [7, 11) is 0. The fourth-order valence-corrected chi connectivity index (χ4v) is 6.53. The van der Waals surface area contributed by atoms with Crippen LogP contribution in [0.5, 0.6) is 0 Å². The van der Waals surface area contributed by atoms with Crippen molar-refractivity contribution in [2.75, 3.05) is 50.1 Å². The average molecular weight is 678 g/mol. The molecule has 3 heterocycles. The smallest absolute Gasteiger partial charge is 0.307 e. The van der Waals surface area contributed by atoms with E-state index in [1.807, 2.05) is 60.7 Å². The molecule has 1 aliphatic rings. The van der Waals surface area contributed by atoms with Crippen LogP contribution in [0.1, 0.15) is 46.3 Å². The average Bonchev–Trinajstić information content (AvgIpc) is 3.75. The predicted octanol–water partition coefficient (Wildman–Crippen LogP) is 4.39. The predicted molar refractivity (Wildman–Crippen MR) is 182 cm³/mol. The Balaban J connectivity index is 1.05. The second kappa shape index (κ2) is 17.7. The molecule has 12 nitrogen and oxygen atoms in total. The molecule has 4 aromatic rings. The lowest BCUT2D eigenvalue weighted by atomic mass is 9.98. The van der Waals surface area contributed by atoms with E-state index in [1.54, 1.807) is 0 Å². The maximum absolute atomic E-state index is 12.5. The van der Waals surface area contributed by atoms with E-state index >= 15 is 0 Å². The number of unbranched alkanes of at least 4 members (excludes halogenated alkanes) is 1. The Kier molecular flexibility index (Phi) is 12.9. The van der Waals surface area contributed by atoms with E-state index in [1.165, 1.54) is 22.7 Å². The van der Waals surface area contributed by atoms with Crippen molar-refractivity contribution < 1.29 is 24.2 Å². The maximum Gasteiger partial charge on any atom is 0.307 e. The van der Waals surface area contributed by atoms with Crippen molar-refractivity contribution in [2.24, 2.45) is 0 Å². The van der Waals surface area contributed by atoms with Crippen LogP contribution >= 0.6 is 22.7 Å². The van der Waals surface area contributed by atoms with Crippen LogP contribution in [0, 0.1) is 0 Å². The number of morpholine rings is 1. The monoisotopic (exact) mass is 677 g/mol. The lowest BCUT2D eigenvalue weighted by molar-refractivity contribution is -0.145. The van der Waals surface area contributed by atoms with E-state index in [0.29, 0.717) is 35.6 Å². The topological polar surface area (TPSA) is 152 Å². The van der Waals surface area contributed by atoms with Gasteiger partial charge in [-0.1, -0.05) is 89.9 Å². The van der Waals surface area contributed by atoms with Gasteiger partial charge in [-0.2, -0.15) is 0 Å². The van der Waals surface area contributed by atoms with Crippen LogP contribution < -0.4 is 10.6 Å². The van der Waals surface area contributed by atoms with Crippen LogP contribution in [0.4, 0.5) is 10.3 Å². The number of amides is 1. The molecule has 1 amide bonds. The van der Waals surface area contributed by atoms with Crippen LogP contribution in [0.15, 0.2) is 67.2 Å². The Labute approximate surface area is 281 Å². The fraction of sp³-hybridized carbons (Fsp3) is 0.394. The summed E-state index contributed by atoms with van der Waals surface area (Å²) >= 11 is 2.73. The summed E-state index contributed by atoms with van der Waals surface area (Å²) < 4.78 is 11.0. The standard InChI is InChI=1S/C33H39N7O5S2/c1-23(24-10-4-2-5-11-24)30(42)34-32-38-36-27(46-32)14-8-9-15-28-37-39-33(47-28)35-31(43)26(25-12-6-3-7-13-25)22-45-29(41)16-17-40-18-20-44-21-19-40/h2-7,10-13,26,31,43H,1,8-9,14-22H2,(H,35,39)(H,34,38,42). The van der Waals surface area contributed by atoms with Gasteiger partial charge >= 0.3 is 5.97 Å². The molecule has 0 radical (unpaired) electrons. The molecule has 1 saturated heterocycles. The van der Waals surface area contributed by atoms with Gasteiger partial charge < -0.3 is 19.9 Å². The molecule has 0 saturated carbocycles. The fourth-order valence-electron chi connectivity index (χ4n) is 4.94. The summed E-state index contributed by atoms with van der Waals surface area (Å²) in [4.78, 5) is 27.2. The molecule has 0 spiro atoms. The van der Waals surface area contributed by atoms with E-state index in [-0.39, 0.29) is 24.9 Å². The van der Waals surface area contributed by atoms with Gasteiger partial charge in [0.25, 0.3) is 5.91 Å². The van der Waals surface area contributed by atoms with E-state index in [0.717, 1.165) is 59.9 Å². The number of aliphatic hydroxyl groups is 1. The van der Waals surface area contributed by atoms with Crippen LogP contribution in [0.2, 0.25) is 0 Å². The number of hydrogen-bond acceptors (Lipinski definition) is 13. The van der Waals surface area contributed by atoms with Gasteiger partial charge in [-0.15, -0.1) is 20.4 Å². The lowest BCUT2D eigenvalue weighted by Crippen LogP contribution is -2.38. The highest BCUT2D eigenvalue weighted by Gasteiger charge is 2.25. The van der Waals surface area contributed by atoms with E-state index in [4.69, 9.17) is 9.47 Å². The summed E-state index contributed by atoms with van der Waals surface area (Å²) in [5.41, 5.74) is 1.97. The number of carbonyl (C=O) groups is 2. The Morgan fingerprint density at radius 2 is 1.53 bits per heavy atom. The largest absolute Gasteiger partial charge is 0.465 e. The van der Waals surface area contributed by atoms with Gasteiger partial charge in [0, 0.05) is 38.0 Å². The minimum absolute atomic E-state index is 0.0323. The molecule has 2 aromatic heterocycles. The summed E-state index contributed by atoms with van der Waals surface area (Å²) in [6, 6.07) is 18.8. The van der Waals surface area contributed by atoms with E-state index in [2.05, 4.69) is 42.5 Å². The third-order valence-electron chi connectivity index (χ3n) is 7.62. The molecule has 2 unspecified atom stereocenters. The summed E-state index contributed by atoms with van der Waals surface area (Å²) in [5.74, 6) is -1.10.